The molecule has 2 amide bonds. The summed E-state index contributed by atoms with van der Waals surface area (Å²) in [7, 11) is -4.37. The zero-order chi connectivity index (χ0) is 40.5. The largest absolute Gasteiger partial charge is 0.387 e. The van der Waals surface area contributed by atoms with Crippen molar-refractivity contribution in [1.29, 1.82) is 5.26 Å². The molecule has 4 aromatic rings. The molecule has 2 heterocycles. The Morgan fingerprint density at radius 3 is 1.54 bits per heavy atom. The number of aromatic nitrogens is 4. The van der Waals surface area contributed by atoms with E-state index in [1.807, 2.05) is 34.0 Å². The number of benzene rings is 2. The van der Waals surface area contributed by atoms with Crippen LogP contribution in [-0.4, -0.2) is 42.0 Å². The number of hydrogen-bond acceptors (Lipinski definition) is 9. The SMILES string of the molecule is CC(C)c1ncc(S(=O)(=O)NC(=O)Nc2c3c(cc4c2CCC4)CCC3)n1C.CC(C)c1ncc(S(N)(=O)=O)n1C.N#COc1c2c(cc3c1CCC3)CCC2. The highest BCUT2D eigenvalue weighted by Gasteiger charge is 2.29. The molecule has 2 aromatic carbocycles. The van der Waals surface area contributed by atoms with Crippen LogP contribution in [-0.2, 0) is 85.5 Å². The van der Waals surface area contributed by atoms with Gasteiger partial charge in [-0.1, -0.05) is 39.8 Å². The Hall–Kier alpha value is -4.72. The van der Waals surface area contributed by atoms with Crippen LogP contribution in [0.1, 0.15) is 121 Å². The Morgan fingerprint density at radius 2 is 1.14 bits per heavy atom. The van der Waals surface area contributed by atoms with E-state index in [2.05, 4.69) is 32.1 Å². The molecular formula is C40H52N8O6S2. The van der Waals surface area contributed by atoms with Gasteiger partial charge in [-0.3, -0.25) is 0 Å². The highest BCUT2D eigenvalue weighted by Crippen LogP contribution is 2.40. The van der Waals surface area contributed by atoms with Gasteiger partial charge < -0.3 is 19.2 Å². The minimum atomic E-state index is -4.01. The molecule has 0 unspecified atom stereocenters. The number of nitrogens with two attached hydrogens (primary N) is 1. The van der Waals surface area contributed by atoms with Gasteiger partial charge in [0.15, 0.2) is 10.1 Å². The minimum Gasteiger partial charge on any atom is -0.387 e. The summed E-state index contributed by atoms with van der Waals surface area (Å²) >= 11 is 0. The van der Waals surface area contributed by atoms with E-state index in [9.17, 15) is 21.6 Å². The van der Waals surface area contributed by atoms with Gasteiger partial charge in [0.25, 0.3) is 26.3 Å². The lowest BCUT2D eigenvalue weighted by Gasteiger charge is -2.16. The predicted molar refractivity (Wildman–Crippen MR) is 213 cm³/mol. The fourth-order valence-corrected chi connectivity index (χ4v) is 10.3. The van der Waals surface area contributed by atoms with Gasteiger partial charge in [-0.05, 0) is 122 Å². The summed E-state index contributed by atoms with van der Waals surface area (Å²) in [4.78, 5) is 20.8. The molecule has 0 atom stereocenters. The van der Waals surface area contributed by atoms with Crippen LogP contribution in [0.25, 0.3) is 0 Å². The highest BCUT2D eigenvalue weighted by atomic mass is 32.2. The Balaban J connectivity index is 0.000000159. The van der Waals surface area contributed by atoms with E-state index in [0.29, 0.717) is 11.6 Å². The number of nitrogens with one attached hydrogen (secondary N) is 2. The maximum absolute atomic E-state index is 12.7. The molecule has 0 spiro atoms. The molecule has 0 fully saturated rings. The van der Waals surface area contributed by atoms with Crippen molar-refractivity contribution in [3.05, 3.63) is 80.7 Å². The van der Waals surface area contributed by atoms with Crippen LogP contribution in [0.4, 0.5) is 10.5 Å². The number of hydrogen-bond donors (Lipinski definition) is 3. The van der Waals surface area contributed by atoms with Gasteiger partial charge in [-0.25, -0.2) is 33.0 Å². The summed E-state index contributed by atoms with van der Waals surface area (Å²) in [6.07, 6.45) is 17.3. The van der Waals surface area contributed by atoms with Crippen LogP contribution < -0.4 is 19.9 Å². The average Bonchev–Trinajstić information content (AvgIpc) is 3.96. The van der Waals surface area contributed by atoms with Crippen molar-refractivity contribution >= 4 is 31.8 Å². The maximum Gasteiger partial charge on any atom is 0.333 e. The second-order valence-electron chi connectivity index (χ2n) is 15.6. The normalized spacial score (nSPS) is 15.2. The minimum absolute atomic E-state index is 0.0186. The molecule has 0 aliphatic heterocycles. The third-order valence-corrected chi connectivity index (χ3v) is 13.4. The van der Waals surface area contributed by atoms with E-state index in [4.69, 9.17) is 15.1 Å². The monoisotopic (exact) mass is 804 g/mol. The van der Waals surface area contributed by atoms with Crippen molar-refractivity contribution in [2.75, 3.05) is 5.32 Å². The number of amides is 2. The Labute approximate surface area is 330 Å². The smallest absolute Gasteiger partial charge is 0.333 e. The lowest BCUT2D eigenvalue weighted by atomic mass is 9.99. The van der Waals surface area contributed by atoms with Gasteiger partial charge in [0.1, 0.15) is 17.4 Å². The van der Waals surface area contributed by atoms with Crippen LogP contribution >= 0.6 is 0 Å². The number of nitrogens with zero attached hydrogens (tertiary/aromatic N) is 5. The molecule has 300 valence electrons. The van der Waals surface area contributed by atoms with E-state index in [0.717, 1.165) is 86.8 Å². The zero-order valence-corrected chi connectivity index (χ0v) is 34.7. The van der Waals surface area contributed by atoms with Crippen LogP contribution in [0.2, 0.25) is 0 Å². The molecule has 0 saturated carbocycles. The predicted octanol–water partition coefficient (Wildman–Crippen LogP) is 5.75. The van der Waals surface area contributed by atoms with Crippen molar-refractivity contribution in [3.8, 4) is 12.0 Å². The second kappa shape index (κ2) is 16.4. The number of ether oxygens (including phenoxy) is 1. The molecule has 4 N–H and O–H groups in total. The van der Waals surface area contributed by atoms with Gasteiger partial charge >= 0.3 is 6.03 Å². The zero-order valence-electron chi connectivity index (χ0n) is 33.0. The van der Waals surface area contributed by atoms with Crippen molar-refractivity contribution in [2.24, 2.45) is 19.2 Å². The van der Waals surface area contributed by atoms with Crippen LogP contribution in [0.15, 0.2) is 34.6 Å². The molecule has 0 radical (unpaired) electrons. The van der Waals surface area contributed by atoms with Crippen LogP contribution in [0.3, 0.4) is 0 Å². The number of primary sulfonamides is 1. The topological polar surface area (TPSA) is 204 Å². The summed E-state index contributed by atoms with van der Waals surface area (Å²) in [6, 6.07) is 3.89. The first-order valence-electron chi connectivity index (χ1n) is 19.3. The lowest BCUT2D eigenvalue weighted by molar-refractivity contribution is 0.256. The number of nitriles is 1. The number of imidazole rings is 2. The van der Waals surface area contributed by atoms with E-state index in [1.54, 1.807) is 14.1 Å². The number of carbonyl (C=O) groups is 1. The number of carbonyl (C=O) groups excluding carboxylic acids is 1. The van der Waals surface area contributed by atoms with Gasteiger partial charge in [-0.2, -0.15) is 8.42 Å². The Kier molecular flexibility index (Phi) is 12.0. The Morgan fingerprint density at radius 1 is 0.732 bits per heavy atom. The maximum atomic E-state index is 12.7. The van der Waals surface area contributed by atoms with Crippen molar-refractivity contribution < 1.29 is 26.4 Å². The van der Waals surface area contributed by atoms with Gasteiger partial charge in [-0.15, -0.1) is 5.26 Å². The summed E-state index contributed by atoms with van der Waals surface area (Å²) in [5.74, 6) is 2.53. The van der Waals surface area contributed by atoms with E-state index >= 15 is 0 Å². The molecule has 8 rings (SSSR count). The summed E-state index contributed by atoms with van der Waals surface area (Å²) in [5, 5.41) is 16.6. The standard InChI is InChI=1S/C20H26N4O3S.C13H13NO.C7H13N3O2S/c1-12(2)19-21-11-17(24(19)3)28(26,27)23-20(25)22-18-15-8-4-6-13(15)10-14-7-5-9-16(14)18;14-8-15-13-11-5-1-3-9(11)7-10-4-2-6-12(10)13;1-5(2)7-9-4-6(10(7)3)13(8,11)12/h10-12H,4-9H2,1-3H3,(H2,22,23,25);7H,1-6H2;4-5H,1-3H3,(H2,8,11,12). The number of rotatable bonds is 7. The van der Waals surface area contributed by atoms with Crippen LogP contribution in [0.5, 0.6) is 5.75 Å². The third kappa shape index (κ3) is 8.35. The molecule has 2 aromatic heterocycles. The first-order valence-corrected chi connectivity index (χ1v) is 22.3. The molecule has 0 saturated heterocycles. The van der Waals surface area contributed by atoms with Gasteiger partial charge in [0.05, 0.1) is 12.4 Å². The molecule has 0 bridgehead atoms. The number of aryl methyl sites for hydroxylation is 4. The van der Waals surface area contributed by atoms with Gasteiger partial charge in [0, 0.05) is 31.6 Å². The highest BCUT2D eigenvalue weighted by molar-refractivity contribution is 7.90. The van der Waals surface area contributed by atoms with Gasteiger partial charge in [0.2, 0.25) is 0 Å². The van der Waals surface area contributed by atoms with E-state index in [-0.39, 0.29) is 21.9 Å². The summed E-state index contributed by atoms with van der Waals surface area (Å²) in [6.45, 7) is 7.76. The van der Waals surface area contributed by atoms with E-state index < -0.39 is 26.1 Å². The van der Waals surface area contributed by atoms with Crippen molar-refractivity contribution in [1.82, 2.24) is 23.8 Å². The fourth-order valence-electron chi connectivity index (χ4n) is 8.61. The molecule has 16 heteroatoms. The molecule has 14 nitrogen and oxygen atoms in total. The number of urea groups is 1. The van der Waals surface area contributed by atoms with Crippen LogP contribution in [0, 0.1) is 11.5 Å². The Bertz CT molecular complexity index is 2360. The lowest BCUT2D eigenvalue weighted by Crippen LogP contribution is -2.36. The molecular weight excluding hydrogens is 753 g/mol. The quantitative estimate of drug-likeness (QED) is 0.195. The molecule has 4 aliphatic carbocycles. The second-order valence-corrected chi connectivity index (χ2v) is 18.7. The summed E-state index contributed by atoms with van der Waals surface area (Å²) < 4.78 is 57.8. The molecule has 56 heavy (non-hydrogen) atoms. The number of anilines is 1. The summed E-state index contributed by atoms with van der Waals surface area (Å²) in [5.41, 5.74) is 11.2. The third-order valence-electron chi connectivity index (χ3n) is 11.1. The molecule has 4 aliphatic rings. The first-order chi connectivity index (χ1) is 26.5. The average molecular weight is 805 g/mol. The van der Waals surface area contributed by atoms with E-state index in [1.165, 1.54) is 67.8 Å². The van der Waals surface area contributed by atoms with Crippen molar-refractivity contribution in [2.45, 2.75) is 127 Å². The fraction of sp³-hybridized carbons (Fsp3) is 0.500. The number of fused-ring (bicyclic) bond motifs is 4. The number of sulfonamides is 2. The first kappa shape index (κ1) is 40.9. The van der Waals surface area contributed by atoms with Crippen molar-refractivity contribution in [3.63, 3.8) is 0 Å².